The maximum atomic E-state index is 4.80. The second-order valence-electron chi connectivity index (χ2n) is 5.29. The van der Waals surface area contributed by atoms with Crippen molar-refractivity contribution in [3.63, 3.8) is 0 Å². The molecule has 18 heavy (non-hydrogen) atoms. The van der Waals surface area contributed by atoms with E-state index in [2.05, 4.69) is 33.6 Å². The molecule has 2 heterocycles. The van der Waals surface area contributed by atoms with Gasteiger partial charge in [0.2, 0.25) is 0 Å². The summed E-state index contributed by atoms with van der Waals surface area (Å²) in [7, 11) is 2.05. The van der Waals surface area contributed by atoms with Crippen LogP contribution >= 0.6 is 15.9 Å². The first-order chi connectivity index (χ1) is 8.66. The van der Waals surface area contributed by atoms with Crippen LogP contribution in [0, 0.1) is 6.92 Å². The molecule has 0 saturated heterocycles. The average Bonchev–Trinajstić information content (AvgIpc) is 2.66. The molecule has 96 valence electrons. The summed E-state index contributed by atoms with van der Waals surface area (Å²) in [5.74, 6) is 1.61. The second kappa shape index (κ2) is 4.65. The van der Waals surface area contributed by atoms with Crippen molar-refractivity contribution < 1.29 is 0 Å². The van der Waals surface area contributed by atoms with Gasteiger partial charge in [-0.3, -0.25) is 0 Å². The third kappa shape index (κ3) is 1.96. The SMILES string of the molecule is Cc1nc(C2CCCCC2)nc2c1c(Br)cn2C. The molecule has 0 atom stereocenters. The minimum Gasteiger partial charge on any atom is -0.334 e. The lowest BCUT2D eigenvalue weighted by Gasteiger charge is -2.20. The number of hydrogen-bond donors (Lipinski definition) is 0. The van der Waals surface area contributed by atoms with Crippen molar-refractivity contribution >= 4 is 27.0 Å². The Bertz CT molecular complexity index is 582. The van der Waals surface area contributed by atoms with E-state index in [1.807, 2.05) is 7.05 Å². The molecule has 2 aromatic heterocycles. The monoisotopic (exact) mass is 307 g/mol. The van der Waals surface area contributed by atoms with Gasteiger partial charge in [0.05, 0.1) is 11.1 Å². The number of halogens is 1. The zero-order valence-corrected chi connectivity index (χ0v) is 12.5. The van der Waals surface area contributed by atoms with Crippen LogP contribution in [0.25, 0.3) is 11.0 Å². The molecule has 1 aliphatic carbocycles. The Kier molecular flexibility index (Phi) is 3.14. The van der Waals surface area contributed by atoms with Gasteiger partial charge in [-0.1, -0.05) is 19.3 Å². The maximum absolute atomic E-state index is 4.80. The van der Waals surface area contributed by atoms with Crippen LogP contribution in [0.3, 0.4) is 0 Å². The first kappa shape index (κ1) is 12.2. The van der Waals surface area contributed by atoms with Crippen molar-refractivity contribution in [2.24, 2.45) is 7.05 Å². The van der Waals surface area contributed by atoms with Crippen molar-refractivity contribution in [2.75, 3.05) is 0 Å². The molecule has 1 fully saturated rings. The minimum atomic E-state index is 0.565. The minimum absolute atomic E-state index is 0.565. The van der Waals surface area contributed by atoms with Crippen LogP contribution in [0.15, 0.2) is 10.7 Å². The van der Waals surface area contributed by atoms with Crippen molar-refractivity contribution in [2.45, 2.75) is 44.9 Å². The highest BCUT2D eigenvalue weighted by Gasteiger charge is 2.20. The largest absolute Gasteiger partial charge is 0.334 e. The van der Waals surface area contributed by atoms with Gasteiger partial charge in [-0.2, -0.15) is 0 Å². The summed E-state index contributed by atoms with van der Waals surface area (Å²) >= 11 is 3.59. The van der Waals surface area contributed by atoms with Crippen LogP contribution in [-0.4, -0.2) is 14.5 Å². The predicted octanol–water partition coefficient (Wildman–Crippen LogP) is 4.09. The molecular weight excluding hydrogens is 290 g/mol. The van der Waals surface area contributed by atoms with Gasteiger partial charge < -0.3 is 4.57 Å². The fourth-order valence-electron chi connectivity index (χ4n) is 2.95. The van der Waals surface area contributed by atoms with E-state index in [1.165, 1.54) is 32.1 Å². The summed E-state index contributed by atoms with van der Waals surface area (Å²) in [6, 6.07) is 0. The van der Waals surface area contributed by atoms with E-state index in [-0.39, 0.29) is 0 Å². The summed E-state index contributed by atoms with van der Waals surface area (Å²) in [5, 5.41) is 1.15. The van der Waals surface area contributed by atoms with Crippen LogP contribution in [0.2, 0.25) is 0 Å². The average molecular weight is 308 g/mol. The molecule has 3 rings (SSSR count). The quantitative estimate of drug-likeness (QED) is 0.794. The van der Waals surface area contributed by atoms with Gasteiger partial charge in [-0.05, 0) is 35.7 Å². The summed E-state index contributed by atoms with van der Waals surface area (Å²) in [4.78, 5) is 9.55. The molecule has 0 aromatic carbocycles. The molecule has 2 aromatic rings. The molecule has 0 radical (unpaired) electrons. The first-order valence-electron chi connectivity index (χ1n) is 6.66. The van der Waals surface area contributed by atoms with Crippen LogP contribution in [0.5, 0.6) is 0 Å². The van der Waals surface area contributed by atoms with Crippen LogP contribution in [0.4, 0.5) is 0 Å². The summed E-state index contributed by atoms with van der Waals surface area (Å²) in [5.41, 5.74) is 2.14. The predicted molar refractivity (Wildman–Crippen MR) is 76.8 cm³/mol. The van der Waals surface area contributed by atoms with Gasteiger partial charge >= 0.3 is 0 Å². The van der Waals surface area contributed by atoms with Gasteiger partial charge in [0.1, 0.15) is 11.5 Å². The van der Waals surface area contributed by atoms with Crippen molar-refractivity contribution in [3.8, 4) is 0 Å². The topological polar surface area (TPSA) is 30.7 Å². The molecule has 1 saturated carbocycles. The molecule has 0 aliphatic heterocycles. The molecule has 1 aliphatic rings. The Morgan fingerprint density at radius 1 is 1.22 bits per heavy atom. The number of nitrogens with zero attached hydrogens (tertiary/aromatic N) is 3. The molecule has 0 bridgehead atoms. The first-order valence-corrected chi connectivity index (χ1v) is 7.45. The highest BCUT2D eigenvalue weighted by molar-refractivity contribution is 9.10. The van der Waals surface area contributed by atoms with Crippen molar-refractivity contribution in [1.82, 2.24) is 14.5 Å². The van der Waals surface area contributed by atoms with Gasteiger partial charge in [0.15, 0.2) is 0 Å². The van der Waals surface area contributed by atoms with E-state index in [0.29, 0.717) is 5.92 Å². The van der Waals surface area contributed by atoms with Gasteiger partial charge in [0, 0.05) is 23.6 Å². The summed E-state index contributed by atoms with van der Waals surface area (Å²) in [6.45, 7) is 2.08. The highest BCUT2D eigenvalue weighted by atomic mass is 79.9. The molecular formula is C14H18BrN3. The van der Waals surface area contributed by atoms with Gasteiger partial charge in [0.25, 0.3) is 0 Å². The van der Waals surface area contributed by atoms with E-state index >= 15 is 0 Å². The third-order valence-corrected chi connectivity index (χ3v) is 4.54. The summed E-state index contributed by atoms with van der Waals surface area (Å²) in [6.07, 6.45) is 8.57. The number of aromatic nitrogens is 3. The van der Waals surface area contributed by atoms with E-state index < -0.39 is 0 Å². The smallest absolute Gasteiger partial charge is 0.144 e. The maximum Gasteiger partial charge on any atom is 0.144 e. The Labute approximate surface area is 116 Å². The summed E-state index contributed by atoms with van der Waals surface area (Å²) < 4.78 is 3.17. The standard InChI is InChI=1S/C14H18BrN3/c1-9-12-11(15)8-18(2)14(12)17-13(16-9)10-6-4-3-5-7-10/h8,10H,3-7H2,1-2H3. The van der Waals surface area contributed by atoms with Crippen molar-refractivity contribution in [1.29, 1.82) is 0 Å². The fraction of sp³-hybridized carbons (Fsp3) is 0.571. The lowest BCUT2D eigenvalue weighted by Crippen LogP contribution is -2.10. The molecule has 3 nitrogen and oxygen atoms in total. The van der Waals surface area contributed by atoms with E-state index in [9.17, 15) is 0 Å². The van der Waals surface area contributed by atoms with E-state index in [1.54, 1.807) is 0 Å². The molecule has 0 unspecified atom stereocenters. The zero-order chi connectivity index (χ0) is 12.7. The highest BCUT2D eigenvalue weighted by Crippen LogP contribution is 2.33. The lowest BCUT2D eigenvalue weighted by molar-refractivity contribution is 0.429. The number of hydrogen-bond acceptors (Lipinski definition) is 2. The lowest BCUT2D eigenvalue weighted by atomic mass is 9.88. The Hall–Kier alpha value is -0.900. The number of rotatable bonds is 1. The molecule has 0 spiro atoms. The third-order valence-electron chi connectivity index (χ3n) is 3.94. The molecule has 4 heteroatoms. The van der Waals surface area contributed by atoms with Crippen LogP contribution < -0.4 is 0 Å². The number of aryl methyl sites for hydroxylation is 2. The zero-order valence-electron chi connectivity index (χ0n) is 10.9. The Morgan fingerprint density at radius 2 is 1.94 bits per heavy atom. The van der Waals surface area contributed by atoms with Crippen molar-refractivity contribution in [3.05, 3.63) is 22.2 Å². The number of fused-ring (bicyclic) bond motifs is 1. The molecule has 0 amide bonds. The molecule has 0 N–H and O–H groups in total. The second-order valence-corrected chi connectivity index (χ2v) is 6.14. The normalized spacial score (nSPS) is 17.5. The van der Waals surface area contributed by atoms with E-state index in [4.69, 9.17) is 9.97 Å². The van der Waals surface area contributed by atoms with Crippen LogP contribution in [0.1, 0.15) is 49.5 Å². The van der Waals surface area contributed by atoms with Crippen LogP contribution in [-0.2, 0) is 7.05 Å². The Morgan fingerprint density at radius 3 is 2.67 bits per heavy atom. The Balaban J connectivity index is 2.11. The fourth-order valence-corrected chi connectivity index (χ4v) is 3.72. The van der Waals surface area contributed by atoms with E-state index in [0.717, 1.165) is 27.0 Å². The van der Waals surface area contributed by atoms with Gasteiger partial charge in [-0.15, -0.1) is 0 Å². The van der Waals surface area contributed by atoms with Gasteiger partial charge in [-0.25, -0.2) is 9.97 Å².